The van der Waals surface area contributed by atoms with Crippen molar-refractivity contribution in [2.24, 2.45) is 0 Å². The number of furan rings is 1. The fourth-order valence-electron chi connectivity index (χ4n) is 3.30. The van der Waals surface area contributed by atoms with E-state index in [-0.39, 0.29) is 0 Å². The molecule has 114 valence electrons. The zero-order valence-corrected chi connectivity index (χ0v) is 14.4. The Morgan fingerprint density at radius 2 is 1.29 bits per heavy atom. The summed E-state index contributed by atoms with van der Waals surface area (Å²) in [6.45, 7) is 0. The van der Waals surface area contributed by atoms with Crippen molar-refractivity contribution in [3.8, 4) is 11.1 Å². The normalized spacial score (nSPS) is 11.5. The molecule has 0 bridgehead atoms. The van der Waals surface area contributed by atoms with Gasteiger partial charge >= 0.3 is 0 Å². The van der Waals surface area contributed by atoms with Gasteiger partial charge in [-0.3, -0.25) is 0 Å². The minimum absolute atomic E-state index is 0.935. The Kier molecular flexibility index (Phi) is 3.00. The molecule has 0 unspecified atom stereocenters. The molecule has 0 aliphatic carbocycles. The van der Waals surface area contributed by atoms with Crippen molar-refractivity contribution in [3.05, 3.63) is 83.3 Å². The van der Waals surface area contributed by atoms with E-state index in [1.165, 1.54) is 32.7 Å². The third-order valence-corrected chi connectivity index (χ3v) is 5.01. The van der Waals surface area contributed by atoms with E-state index >= 15 is 0 Å². The molecule has 0 amide bonds. The van der Waals surface area contributed by atoms with Crippen molar-refractivity contribution in [1.29, 1.82) is 0 Å². The van der Waals surface area contributed by atoms with Gasteiger partial charge in [-0.2, -0.15) is 0 Å². The van der Waals surface area contributed by atoms with E-state index in [1.54, 1.807) is 0 Å². The number of rotatable bonds is 1. The second-order valence-electron chi connectivity index (χ2n) is 6.02. The number of hydrogen-bond acceptors (Lipinski definition) is 1. The summed E-state index contributed by atoms with van der Waals surface area (Å²) in [5.74, 6) is 0. The summed E-state index contributed by atoms with van der Waals surface area (Å²) in [4.78, 5) is 0. The van der Waals surface area contributed by atoms with Crippen LogP contribution in [0.5, 0.6) is 0 Å². The van der Waals surface area contributed by atoms with Gasteiger partial charge in [0.15, 0.2) is 0 Å². The van der Waals surface area contributed by atoms with Crippen LogP contribution < -0.4 is 0 Å². The monoisotopic (exact) mass is 372 g/mol. The summed E-state index contributed by atoms with van der Waals surface area (Å²) >= 11 is 3.53. The SMILES string of the molecule is Brc1ccc2cc(-c3ccc4oc5ccccc5c4c3)ccc2c1. The Morgan fingerprint density at radius 1 is 0.583 bits per heavy atom. The van der Waals surface area contributed by atoms with Crippen LogP contribution in [-0.4, -0.2) is 0 Å². The van der Waals surface area contributed by atoms with Crippen molar-refractivity contribution < 1.29 is 4.42 Å². The van der Waals surface area contributed by atoms with Crippen LogP contribution >= 0.6 is 15.9 Å². The van der Waals surface area contributed by atoms with E-state index in [1.807, 2.05) is 12.1 Å². The number of para-hydroxylation sites is 1. The molecule has 5 rings (SSSR count). The smallest absolute Gasteiger partial charge is 0.135 e. The maximum Gasteiger partial charge on any atom is 0.135 e. The molecule has 0 aliphatic heterocycles. The number of benzene rings is 4. The van der Waals surface area contributed by atoms with Gasteiger partial charge in [-0.05, 0) is 58.3 Å². The molecule has 5 aromatic rings. The van der Waals surface area contributed by atoms with Crippen molar-refractivity contribution in [2.45, 2.75) is 0 Å². The predicted molar refractivity (Wildman–Crippen MR) is 104 cm³/mol. The Balaban J connectivity index is 1.73. The standard InChI is InChI=1S/C22H13BrO/c23-18-9-7-15-11-14(5-6-16(15)12-18)17-8-10-22-20(13-17)19-3-1-2-4-21(19)24-22/h1-13H. The van der Waals surface area contributed by atoms with E-state index < -0.39 is 0 Å². The molecule has 24 heavy (non-hydrogen) atoms. The maximum atomic E-state index is 5.92. The molecular weight excluding hydrogens is 360 g/mol. The molecule has 0 saturated heterocycles. The third-order valence-electron chi connectivity index (χ3n) is 4.51. The lowest BCUT2D eigenvalue weighted by molar-refractivity contribution is 0.669. The average Bonchev–Trinajstić information content (AvgIpc) is 2.99. The molecule has 1 heterocycles. The minimum Gasteiger partial charge on any atom is -0.456 e. The molecule has 0 fully saturated rings. The van der Waals surface area contributed by atoms with Gasteiger partial charge in [-0.25, -0.2) is 0 Å². The average molecular weight is 373 g/mol. The summed E-state index contributed by atoms with van der Waals surface area (Å²) in [5, 5.41) is 4.81. The van der Waals surface area contributed by atoms with Crippen LogP contribution in [0.4, 0.5) is 0 Å². The maximum absolute atomic E-state index is 5.92. The fraction of sp³-hybridized carbons (Fsp3) is 0. The van der Waals surface area contributed by atoms with E-state index in [0.717, 1.165) is 15.6 Å². The Hall–Kier alpha value is -2.58. The van der Waals surface area contributed by atoms with Gasteiger partial charge in [0.05, 0.1) is 0 Å². The van der Waals surface area contributed by atoms with Crippen molar-refractivity contribution in [2.75, 3.05) is 0 Å². The van der Waals surface area contributed by atoms with Gasteiger partial charge in [0, 0.05) is 15.2 Å². The highest BCUT2D eigenvalue weighted by Crippen LogP contribution is 2.33. The van der Waals surface area contributed by atoms with E-state index in [9.17, 15) is 0 Å². The topological polar surface area (TPSA) is 13.1 Å². The first kappa shape index (κ1) is 13.8. The first-order valence-electron chi connectivity index (χ1n) is 7.89. The molecule has 2 heteroatoms. The fourth-order valence-corrected chi connectivity index (χ4v) is 3.68. The third kappa shape index (κ3) is 2.15. The molecule has 4 aromatic carbocycles. The van der Waals surface area contributed by atoms with Crippen molar-refractivity contribution in [1.82, 2.24) is 0 Å². The van der Waals surface area contributed by atoms with Gasteiger partial charge in [0.1, 0.15) is 11.2 Å². The summed E-state index contributed by atoms with van der Waals surface area (Å²) in [6.07, 6.45) is 0. The highest BCUT2D eigenvalue weighted by atomic mass is 79.9. The second kappa shape index (κ2) is 5.22. The molecule has 1 nitrogen and oxygen atoms in total. The zero-order valence-electron chi connectivity index (χ0n) is 12.8. The second-order valence-corrected chi connectivity index (χ2v) is 6.93. The zero-order chi connectivity index (χ0) is 16.1. The van der Waals surface area contributed by atoms with Gasteiger partial charge in [-0.1, -0.05) is 58.4 Å². The van der Waals surface area contributed by atoms with Crippen LogP contribution in [0.3, 0.4) is 0 Å². The first-order chi connectivity index (χ1) is 11.8. The highest BCUT2D eigenvalue weighted by Gasteiger charge is 2.08. The highest BCUT2D eigenvalue weighted by molar-refractivity contribution is 9.10. The lowest BCUT2D eigenvalue weighted by atomic mass is 9.99. The number of hydrogen-bond donors (Lipinski definition) is 0. The van der Waals surface area contributed by atoms with Crippen LogP contribution in [0.2, 0.25) is 0 Å². The Labute approximate surface area is 147 Å². The Morgan fingerprint density at radius 3 is 2.25 bits per heavy atom. The van der Waals surface area contributed by atoms with E-state index in [0.29, 0.717) is 0 Å². The molecule has 0 radical (unpaired) electrons. The summed E-state index contributed by atoms with van der Waals surface area (Å²) < 4.78 is 7.03. The van der Waals surface area contributed by atoms with Crippen LogP contribution in [0.25, 0.3) is 43.8 Å². The van der Waals surface area contributed by atoms with E-state index in [2.05, 4.69) is 82.7 Å². The molecule has 1 aromatic heterocycles. The quantitative estimate of drug-likeness (QED) is 0.304. The van der Waals surface area contributed by atoms with Gasteiger partial charge in [0.25, 0.3) is 0 Å². The summed E-state index contributed by atoms with van der Waals surface area (Å²) in [7, 11) is 0. The lowest BCUT2D eigenvalue weighted by Gasteiger charge is -2.05. The van der Waals surface area contributed by atoms with Gasteiger partial charge in [0.2, 0.25) is 0 Å². The lowest BCUT2D eigenvalue weighted by Crippen LogP contribution is -1.80. The van der Waals surface area contributed by atoms with E-state index in [4.69, 9.17) is 4.42 Å². The van der Waals surface area contributed by atoms with Gasteiger partial charge in [-0.15, -0.1) is 0 Å². The molecule has 0 atom stereocenters. The molecular formula is C22H13BrO. The van der Waals surface area contributed by atoms with Crippen LogP contribution in [0, 0.1) is 0 Å². The minimum atomic E-state index is 0.935. The molecule has 0 spiro atoms. The predicted octanol–water partition coefficient (Wildman–Crippen LogP) is 7.17. The molecule has 0 saturated carbocycles. The van der Waals surface area contributed by atoms with Gasteiger partial charge < -0.3 is 4.42 Å². The van der Waals surface area contributed by atoms with Crippen LogP contribution in [0.1, 0.15) is 0 Å². The number of fused-ring (bicyclic) bond motifs is 4. The van der Waals surface area contributed by atoms with Crippen LogP contribution in [0.15, 0.2) is 87.8 Å². The first-order valence-corrected chi connectivity index (χ1v) is 8.68. The molecule has 0 N–H and O–H groups in total. The Bertz CT molecular complexity index is 1220. The van der Waals surface area contributed by atoms with Crippen molar-refractivity contribution in [3.63, 3.8) is 0 Å². The van der Waals surface area contributed by atoms with Crippen molar-refractivity contribution >= 4 is 48.6 Å². The largest absolute Gasteiger partial charge is 0.456 e. The van der Waals surface area contributed by atoms with Crippen LogP contribution in [-0.2, 0) is 0 Å². The number of halogens is 1. The summed E-state index contributed by atoms with van der Waals surface area (Å²) in [5.41, 5.74) is 4.30. The summed E-state index contributed by atoms with van der Waals surface area (Å²) in [6, 6.07) is 27.6. The molecule has 0 aliphatic rings.